The number of hydrogen-bond acceptors (Lipinski definition) is 5. The smallest absolute Gasteiger partial charge is 0.290 e. The number of hydrogen-bond donors (Lipinski definition) is 1. The molecule has 5 nitrogen and oxygen atoms in total. The zero-order valence-electron chi connectivity index (χ0n) is 18.3. The van der Waals surface area contributed by atoms with Gasteiger partial charge in [-0.25, -0.2) is 4.98 Å². The minimum absolute atomic E-state index is 0.110. The Kier molecular flexibility index (Phi) is 5.30. The Morgan fingerprint density at radius 2 is 1.70 bits per heavy atom. The highest BCUT2D eigenvalue weighted by Crippen LogP contribution is 2.43. The third-order valence-electron chi connectivity index (χ3n) is 5.97. The number of aromatic nitrogens is 1. The van der Waals surface area contributed by atoms with Gasteiger partial charge in [-0.1, -0.05) is 72.8 Å². The zero-order valence-corrected chi connectivity index (χ0v) is 19.1. The van der Waals surface area contributed by atoms with Crippen molar-refractivity contribution >= 4 is 33.8 Å². The Balaban J connectivity index is 1.70. The summed E-state index contributed by atoms with van der Waals surface area (Å²) >= 11 is 1.28. The molecule has 1 amide bonds. The molecule has 1 aliphatic rings. The lowest BCUT2D eigenvalue weighted by atomic mass is 9.91. The molecule has 6 heteroatoms. The van der Waals surface area contributed by atoms with Gasteiger partial charge in [0, 0.05) is 6.54 Å². The summed E-state index contributed by atoms with van der Waals surface area (Å²) in [6.45, 7) is 3.89. The van der Waals surface area contributed by atoms with Gasteiger partial charge < -0.3 is 10.0 Å². The van der Waals surface area contributed by atoms with Crippen LogP contribution in [0.25, 0.3) is 10.8 Å². The summed E-state index contributed by atoms with van der Waals surface area (Å²) < 4.78 is 0. The number of nitrogens with zero attached hydrogens (tertiary/aromatic N) is 2. The molecule has 5 rings (SSSR count). The molecular weight excluding hydrogens is 432 g/mol. The molecule has 0 saturated heterocycles. The van der Waals surface area contributed by atoms with Gasteiger partial charge in [0.1, 0.15) is 0 Å². The molecule has 1 aliphatic heterocycles. The van der Waals surface area contributed by atoms with Crippen LogP contribution in [-0.4, -0.2) is 26.7 Å². The van der Waals surface area contributed by atoms with E-state index in [4.69, 9.17) is 0 Å². The van der Waals surface area contributed by atoms with E-state index in [1.807, 2.05) is 79.7 Å². The SMILES string of the molecule is Cc1nc(C)c(C(=O)C2=C(O)C(=O)N(Cc3ccccc3)C2c2cccc3ccccc23)s1. The highest BCUT2D eigenvalue weighted by atomic mass is 32.1. The topological polar surface area (TPSA) is 70.5 Å². The number of amides is 1. The normalized spacial score (nSPS) is 16.1. The average molecular weight is 455 g/mol. The molecule has 33 heavy (non-hydrogen) atoms. The molecule has 0 fully saturated rings. The lowest BCUT2D eigenvalue weighted by molar-refractivity contribution is -0.130. The first-order valence-corrected chi connectivity index (χ1v) is 11.5. The van der Waals surface area contributed by atoms with Crippen LogP contribution in [0.1, 0.15) is 37.5 Å². The van der Waals surface area contributed by atoms with Crippen LogP contribution < -0.4 is 0 Å². The van der Waals surface area contributed by atoms with Crippen molar-refractivity contribution in [1.29, 1.82) is 0 Å². The summed E-state index contributed by atoms with van der Waals surface area (Å²) in [7, 11) is 0. The molecular formula is C27H22N2O3S. The van der Waals surface area contributed by atoms with E-state index in [1.165, 1.54) is 11.3 Å². The standard InChI is InChI=1S/C27H22N2O3S/c1-16-26(33-17(2)28-16)24(30)22-23(21-14-8-12-19-11-6-7-13-20(19)21)29(27(32)25(22)31)15-18-9-4-3-5-10-18/h3-14,23,31H,15H2,1-2H3. The van der Waals surface area contributed by atoms with Gasteiger partial charge in [0.15, 0.2) is 5.76 Å². The third-order valence-corrected chi connectivity index (χ3v) is 7.04. The second-order valence-electron chi connectivity index (χ2n) is 8.13. The molecule has 1 unspecified atom stereocenters. The Hall–Kier alpha value is -3.77. The van der Waals surface area contributed by atoms with Crippen LogP contribution in [-0.2, 0) is 11.3 Å². The summed E-state index contributed by atoms with van der Waals surface area (Å²) in [5, 5.41) is 13.7. The first kappa shape index (κ1) is 21.1. The number of aliphatic hydroxyl groups excluding tert-OH is 1. The maximum Gasteiger partial charge on any atom is 0.290 e. The second kappa shape index (κ2) is 8.30. The summed E-state index contributed by atoms with van der Waals surface area (Å²) in [4.78, 5) is 33.5. The summed E-state index contributed by atoms with van der Waals surface area (Å²) in [6, 6.07) is 22.6. The lowest BCUT2D eigenvalue weighted by Gasteiger charge is -2.28. The van der Waals surface area contributed by atoms with Gasteiger partial charge in [0.05, 0.1) is 27.2 Å². The molecule has 2 heterocycles. The van der Waals surface area contributed by atoms with Crippen LogP contribution in [0.15, 0.2) is 84.1 Å². The number of ketones is 1. The number of fused-ring (bicyclic) bond motifs is 1. The van der Waals surface area contributed by atoms with Gasteiger partial charge in [-0.15, -0.1) is 11.3 Å². The number of carbonyl (C=O) groups excluding carboxylic acids is 2. The van der Waals surface area contributed by atoms with Crippen molar-refractivity contribution in [2.75, 3.05) is 0 Å². The predicted octanol–water partition coefficient (Wildman–Crippen LogP) is 5.69. The number of rotatable bonds is 5. The zero-order chi connectivity index (χ0) is 23.1. The van der Waals surface area contributed by atoms with Crippen LogP contribution in [0, 0.1) is 13.8 Å². The van der Waals surface area contributed by atoms with E-state index in [-0.39, 0.29) is 17.9 Å². The van der Waals surface area contributed by atoms with Crippen LogP contribution >= 0.6 is 11.3 Å². The van der Waals surface area contributed by atoms with Crippen molar-refractivity contribution in [1.82, 2.24) is 9.88 Å². The molecule has 0 spiro atoms. The van der Waals surface area contributed by atoms with Gasteiger partial charge in [0.25, 0.3) is 5.91 Å². The lowest BCUT2D eigenvalue weighted by Crippen LogP contribution is -2.30. The van der Waals surface area contributed by atoms with Crippen LogP contribution in [0.3, 0.4) is 0 Å². The van der Waals surface area contributed by atoms with E-state index >= 15 is 0 Å². The minimum Gasteiger partial charge on any atom is -0.503 e. The van der Waals surface area contributed by atoms with Gasteiger partial charge >= 0.3 is 0 Å². The largest absolute Gasteiger partial charge is 0.503 e. The fourth-order valence-electron chi connectivity index (χ4n) is 4.51. The van der Waals surface area contributed by atoms with Crippen LogP contribution in [0.4, 0.5) is 0 Å². The minimum atomic E-state index is -0.710. The number of thiazole rings is 1. The van der Waals surface area contributed by atoms with E-state index in [1.54, 1.807) is 11.8 Å². The van der Waals surface area contributed by atoms with Crippen molar-refractivity contribution in [2.24, 2.45) is 0 Å². The number of benzene rings is 3. The van der Waals surface area contributed by atoms with Gasteiger partial charge in [-0.05, 0) is 35.7 Å². The van der Waals surface area contributed by atoms with Crippen molar-refractivity contribution in [3.63, 3.8) is 0 Å². The second-order valence-corrected chi connectivity index (χ2v) is 9.33. The molecule has 1 N–H and O–H groups in total. The van der Waals surface area contributed by atoms with Crippen LogP contribution in [0.5, 0.6) is 0 Å². The first-order chi connectivity index (χ1) is 16.0. The predicted molar refractivity (Wildman–Crippen MR) is 129 cm³/mol. The van der Waals surface area contributed by atoms with Gasteiger partial charge in [0.2, 0.25) is 5.78 Å². The van der Waals surface area contributed by atoms with E-state index in [9.17, 15) is 14.7 Å². The van der Waals surface area contributed by atoms with E-state index in [2.05, 4.69) is 4.98 Å². The Bertz CT molecular complexity index is 1420. The molecule has 0 bridgehead atoms. The fourth-order valence-corrected chi connectivity index (χ4v) is 5.38. The van der Waals surface area contributed by atoms with Crippen molar-refractivity contribution in [2.45, 2.75) is 26.4 Å². The molecule has 1 atom stereocenters. The van der Waals surface area contributed by atoms with Gasteiger partial charge in [-0.2, -0.15) is 0 Å². The maximum atomic E-state index is 13.7. The van der Waals surface area contributed by atoms with E-state index in [0.717, 1.165) is 26.9 Å². The van der Waals surface area contributed by atoms with Crippen molar-refractivity contribution < 1.29 is 14.7 Å². The number of aliphatic hydroxyl groups is 1. The molecule has 4 aromatic rings. The number of carbonyl (C=O) groups is 2. The monoisotopic (exact) mass is 454 g/mol. The summed E-state index contributed by atoms with van der Waals surface area (Å²) in [6.07, 6.45) is 0. The first-order valence-electron chi connectivity index (χ1n) is 10.7. The highest BCUT2D eigenvalue weighted by molar-refractivity contribution is 7.14. The van der Waals surface area contributed by atoms with Crippen molar-refractivity contribution in [3.05, 3.63) is 111 Å². The molecule has 3 aromatic carbocycles. The van der Waals surface area contributed by atoms with E-state index < -0.39 is 17.7 Å². The molecule has 164 valence electrons. The number of Topliss-reactive ketones (excluding diaryl/α,β-unsaturated/α-hetero) is 1. The fraction of sp³-hybridized carbons (Fsp3) is 0.148. The average Bonchev–Trinajstić information content (AvgIpc) is 3.29. The molecule has 0 aliphatic carbocycles. The Morgan fingerprint density at radius 1 is 1.00 bits per heavy atom. The quantitative estimate of drug-likeness (QED) is 0.393. The Labute approximate surface area is 195 Å². The maximum absolute atomic E-state index is 13.7. The molecule has 1 aromatic heterocycles. The highest BCUT2D eigenvalue weighted by Gasteiger charge is 2.45. The molecule has 0 radical (unpaired) electrons. The van der Waals surface area contributed by atoms with E-state index in [0.29, 0.717) is 10.6 Å². The Morgan fingerprint density at radius 3 is 2.42 bits per heavy atom. The van der Waals surface area contributed by atoms with Crippen molar-refractivity contribution in [3.8, 4) is 0 Å². The summed E-state index contributed by atoms with van der Waals surface area (Å²) in [5.74, 6) is -1.38. The number of aryl methyl sites for hydroxylation is 2. The van der Waals surface area contributed by atoms with Gasteiger partial charge in [-0.3, -0.25) is 9.59 Å². The molecule has 0 saturated carbocycles. The van der Waals surface area contributed by atoms with Crippen LogP contribution in [0.2, 0.25) is 0 Å². The summed E-state index contributed by atoms with van der Waals surface area (Å²) in [5.41, 5.74) is 2.44. The third kappa shape index (κ3) is 3.62.